The first-order valence-corrected chi connectivity index (χ1v) is 7.73. The number of nitrogens with one attached hydrogen (secondary N) is 1. The Morgan fingerprint density at radius 2 is 1.83 bits per heavy atom. The molecular formula is C17H16BrNO4. The lowest BCUT2D eigenvalue weighted by Gasteiger charge is -2.14. The lowest BCUT2D eigenvalue weighted by molar-refractivity contribution is -0.123. The number of anilines is 1. The molecule has 0 aliphatic carbocycles. The van der Waals surface area contributed by atoms with Gasteiger partial charge in [-0.3, -0.25) is 4.79 Å². The van der Waals surface area contributed by atoms with Gasteiger partial charge in [-0.25, -0.2) is 4.79 Å². The number of carbonyl (C=O) groups is 2. The number of benzene rings is 2. The molecule has 0 bridgehead atoms. The quantitative estimate of drug-likeness (QED) is 0.797. The van der Waals surface area contributed by atoms with Gasteiger partial charge >= 0.3 is 5.97 Å². The summed E-state index contributed by atoms with van der Waals surface area (Å²) >= 11 is 3.31. The molecule has 2 aromatic carbocycles. The SMILES string of the molecule is Cc1ccc(O)c(C(=O)O[C@H](C)C(=O)Nc2ccc(Br)cc2)c1. The molecule has 120 valence electrons. The minimum Gasteiger partial charge on any atom is -0.507 e. The monoisotopic (exact) mass is 377 g/mol. The van der Waals surface area contributed by atoms with E-state index in [1.807, 2.05) is 0 Å². The molecule has 0 aliphatic heterocycles. The molecule has 23 heavy (non-hydrogen) atoms. The fourth-order valence-electron chi connectivity index (χ4n) is 1.87. The molecule has 0 saturated heterocycles. The van der Waals surface area contributed by atoms with Crippen molar-refractivity contribution in [3.63, 3.8) is 0 Å². The zero-order valence-electron chi connectivity index (χ0n) is 12.7. The van der Waals surface area contributed by atoms with Crippen LogP contribution in [0.15, 0.2) is 46.9 Å². The first-order valence-electron chi connectivity index (χ1n) is 6.94. The molecule has 0 radical (unpaired) electrons. The van der Waals surface area contributed by atoms with Crippen molar-refractivity contribution in [1.29, 1.82) is 0 Å². The molecule has 2 aromatic rings. The lowest BCUT2D eigenvalue weighted by Crippen LogP contribution is -2.30. The normalized spacial score (nSPS) is 11.6. The van der Waals surface area contributed by atoms with Gasteiger partial charge in [0.1, 0.15) is 11.3 Å². The highest BCUT2D eigenvalue weighted by Gasteiger charge is 2.21. The fourth-order valence-corrected chi connectivity index (χ4v) is 2.13. The topological polar surface area (TPSA) is 75.6 Å². The highest BCUT2D eigenvalue weighted by atomic mass is 79.9. The Balaban J connectivity index is 2.01. The van der Waals surface area contributed by atoms with Crippen molar-refractivity contribution < 1.29 is 19.4 Å². The number of aromatic hydroxyl groups is 1. The maximum Gasteiger partial charge on any atom is 0.342 e. The van der Waals surface area contributed by atoms with E-state index in [1.165, 1.54) is 19.1 Å². The van der Waals surface area contributed by atoms with Gasteiger partial charge in [0, 0.05) is 10.2 Å². The van der Waals surface area contributed by atoms with Crippen LogP contribution >= 0.6 is 15.9 Å². The summed E-state index contributed by atoms with van der Waals surface area (Å²) < 4.78 is 6.00. The van der Waals surface area contributed by atoms with Gasteiger partial charge in [0.2, 0.25) is 0 Å². The lowest BCUT2D eigenvalue weighted by atomic mass is 10.1. The fraction of sp³-hybridized carbons (Fsp3) is 0.176. The number of esters is 1. The maximum atomic E-state index is 12.1. The van der Waals surface area contributed by atoms with Gasteiger partial charge in [-0.15, -0.1) is 0 Å². The molecule has 1 amide bonds. The number of aryl methyl sites for hydroxylation is 1. The van der Waals surface area contributed by atoms with E-state index in [9.17, 15) is 14.7 Å². The summed E-state index contributed by atoms with van der Waals surface area (Å²) in [5.41, 5.74) is 1.44. The van der Waals surface area contributed by atoms with Crippen molar-refractivity contribution in [2.24, 2.45) is 0 Å². The maximum absolute atomic E-state index is 12.1. The number of ether oxygens (including phenoxy) is 1. The average molecular weight is 378 g/mol. The van der Waals surface area contributed by atoms with Gasteiger partial charge in [-0.2, -0.15) is 0 Å². The van der Waals surface area contributed by atoms with Crippen molar-refractivity contribution in [3.05, 3.63) is 58.1 Å². The number of halogens is 1. The van der Waals surface area contributed by atoms with E-state index in [4.69, 9.17) is 4.74 Å². The molecule has 1 atom stereocenters. The first-order chi connectivity index (χ1) is 10.9. The van der Waals surface area contributed by atoms with Crippen LogP contribution < -0.4 is 5.32 Å². The van der Waals surface area contributed by atoms with Gasteiger partial charge in [-0.1, -0.05) is 27.6 Å². The van der Waals surface area contributed by atoms with Crippen LogP contribution in [0.25, 0.3) is 0 Å². The summed E-state index contributed by atoms with van der Waals surface area (Å²) in [6, 6.07) is 11.6. The third kappa shape index (κ3) is 4.56. The van der Waals surface area contributed by atoms with Crippen molar-refractivity contribution in [1.82, 2.24) is 0 Å². The molecule has 2 rings (SSSR count). The Kier molecular flexibility index (Phi) is 5.39. The third-order valence-electron chi connectivity index (χ3n) is 3.14. The Hall–Kier alpha value is -2.34. The Morgan fingerprint density at radius 3 is 2.48 bits per heavy atom. The second kappa shape index (κ2) is 7.28. The van der Waals surface area contributed by atoms with Crippen LogP contribution in [0.3, 0.4) is 0 Å². The molecule has 0 spiro atoms. The summed E-state index contributed by atoms with van der Waals surface area (Å²) in [7, 11) is 0. The summed E-state index contributed by atoms with van der Waals surface area (Å²) in [5, 5.41) is 12.4. The van der Waals surface area contributed by atoms with Crippen LogP contribution in [-0.2, 0) is 9.53 Å². The van der Waals surface area contributed by atoms with Gasteiger partial charge in [0.05, 0.1) is 0 Å². The summed E-state index contributed by atoms with van der Waals surface area (Å²) in [4.78, 5) is 24.1. The molecule has 0 fully saturated rings. The molecular weight excluding hydrogens is 362 g/mol. The minimum atomic E-state index is -0.994. The number of phenols is 1. The second-order valence-corrected chi connectivity index (χ2v) is 5.98. The van der Waals surface area contributed by atoms with Gasteiger partial charge in [-0.05, 0) is 50.2 Å². The molecule has 0 heterocycles. The zero-order chi connectivity index (χ0) is 17.0. The highest BCUT2D eigenvalue weighted by Crippen LogP contribution is 2.20. The predicted octanol–water partition coefficient (Wildman–Crippen LogP) is 3.65. The Morgan fingerprint density at radius 1 is 1.17 bits per heavy atom. The van der Waals surface area contributed by atoms with Gasteiger partial charge in [0.15, 0.2) is 6.10 Å². The van der Waals surface area contributed by atoms with E-state index in [0.717, 1.165) is 10.0 Å². The first kappa shape index (κ1) is 17.0. The van der Waals surface area contributed by atoms with E-state index in [1.54, 1.807) is 37.3 Å². The van der Waals surface area contributed by atoms with E-state index in [-0.39, 0.29) is 11.3 Å². The smallest absolute Gasteiger partial charge is 0.342 e. The molecule has 0 unspecified atom stereocenters. The van der Waals surface area contributed by atoms with E-state index >= 15 is 0 Å². The van der Waals surface area contributed by atoms with Crippen LogP contribution in [0.2, 0.25) is 0 Å². The van der Waals surface area contributed by atoms with Crippen LogP contribution in [-0.4, -0.2) is 23.1 Å². The number of hydrogen-bond donors (Lipinski definition) is 2. The number of phenolic OH excluding ortho intramolecular Hbond substituents is 1. The zero-order valence-corrected chi connectivity index (χ0v) is 14.3. The standard InChI is InChI=1S/C17H16BrNO4/c1-10-3-8-15(20)14(9-10)17(22)23-11(2)16(21)19-13-6-4-12(18)5-7-13/h3-9,11,20H,1-2H3,(H,19,21)/t11-/m1/s1. The summed E-state index contributed by atoms with van der Waals surface area (Å²) in [5.74, 6) is -1.38. The highest BCUT2D eigenvalue weighted by molar-refractivity contribution is 9.10. The van der Waals surface area contributed by atoms with Crippen molar-refractivity contribution in [2.45, 2.75) is 20.0 Å². The summed E-state index contributed by atoms with van der Waals surface area (Å²) in [6.45, 7) is 3.26. The summed E-state index contributed by atoms with van der Waals surface area (Å²) in [6.07, 6.45) is -0.994. The molecule has 0 saturated carbocycles. The number of hydrogen-bond acceptors (Lipinski definition) is 4. The van der Waals surface area contributed by atoms with Crippen LogP contribution in [0, 0.1) is 6.92 Å². The van der Waals surface area contributed by atoms with Crippen LogP contribution in [0.4, 0.5) is 5.69 Å². The van der Waals surface area contributed by atoms with Crippen molar-refractivity contribution >= 4 is 33.5 Å². The van der Waals surface area contributed by atoms with Gasteiger partial charge < -0.3 is 15.2 Å². The molecule has 2 N–H and O–H groups in total. The molecule has 0 aliphatic rings. The van der Waals surface area contributed by atoms with Crippen LogP contribution in [0.5, 0.6) is 5.75 Å². The van der Waals surface area contributed by atoms with E-state index < -0.39 is 18.0 Å². The second-order valence-electron chi connectivity index (χ2n) is 5.06. The molecule has 0 aromatic heterocycles. The van der Waals surface area contributed by atoms with E-state index in [0.29, 0.717) is 5.69 Å². The number of rotatable bonds is 4. The molecule has 5 nitrogen and oxygen atoms in total. The Bertz CT molecular complexity index is 728. The Labute approximate surface area is 142 Å². The van der Waals surface area contributed by atoms with E-state index in [2.05, 4.69) is 21.2 Å². The average Bonchev–Trinajstić information content (AvgIpc) is 2.51. The van der Waals surface area contributed by atoms with Crippen molar-refractivity contribution in [2.75, 3.05) is 5.32 Å². The van der Waals surface area contributed by atoms with Gasteiger partial charge in [0.25, 0.3) is 5.91 Å². The van der Waals surface area contributed by atoms with Crippen molar-refractivity contribution in [3.8, 4) is 5.75 Å². The predicted molar refractivity (Wildman–Crippen MR) is 90.5 cm³/mol. The molecule has 6 heteroatoms. The minimum absolute atomic E-state index is 0.0355. The largest absolute Gasteiger partial charge is 0.507 e. The third-order valence-corrected chi connectivity index (χ3v) is 3.67. The van der Waals surface area contributed by atoms with Crippen LogP contribution in [0.1, 0.15) is 22.8 Å². The number of amides is 1. The number of carbonyl (C=O) groups excluding carboxylic acids is 2.